The molecule has 1 aromatic heterocycles. The highest BCUT2D eigenvalue weighted by Crippen LogP contribution is 2.26. The Morgan fingerprint density at radius 1 is 1.59 bits per heavy atom. The molecule has 2 unspecified atom stereocenters. The van der Waals surface area contributed by atoms with Gasteiger partial charge in [-0.1, -0.05) is 0 Å². The summed E-state index contributed by atoms with van der Waals surface area (Å²) in [5, 5.41) is 7.64. The Bertz CT molecular complexity index is 347. The molecular weight excluding hydrogens is 212 g/mol. The normalized spacial score (nSPS) is 23.1. The Kier molecular flexibility index (Phi) is 4.18. The molecule has 0 aliphatic carbocycles. The van der Waals surface area contributed by atoms with E-state index in [9.17, 15) is 0 Å². The Labute approximate surface area is 104 Å². The van der Waals surface area contributed by atoms with Crippen molar-refractivity contribution >= 4 is 0 Å². The minimum Gasteiger partial charge on any atom is -0.319 e. The van der Waals surface area contributed by atoms with E-state index in [1.165, 1.54) is 25.1 Å². The first kappa shape index (κ1) is 12.6. The van der Waals surface area contributed by atoms with Gasteiger partial charge in [-0.25, -0.2) is 0 Å². The fourth-order valence-corrected chi connectivity index (χ4v) is 2.65. The van der Waals surface area contributed by atoms with Crippen molar-refractivity contribution in [2.75, 3.05) is 26.7 Å². The first-order valence-corrected chi connectivity index (χ1v) is 6.65. The average Bonchev–Trinajstić information content (AvgIpc) is 2.97. The van der Waals surface area contributed by atoms with E-state index >= 15 is 0 Å². The van der Waals surface area contributed by atoms with Gasteiger partial charge in [0.2, 0.25) is 0 Å². The number of rotatable bonds is 5. The van der Waals surface area contributed by atoms with E-state index in [0.29, 0.717) is 6.04 Å². The molecule has 0 spiro atoms. The lowest BCUT2D eigenvalue weighted by molar-refractivity contribution is 0.252. The summed E-state index contributed by atoms with van der Waals surface area (Å²) in [5.41, 5.74) is 1.34. The van der Waals surface area contributed by atoms with Crippen LogP contribution in [-0.2, 0) is 6.54 Å². The quantitative estimate of drug-likeness (QED) is 0.841. The fourth-order valence-electron chi connectivity index (χ4n) is 2.65. The van der Waals surface area contributed by atoms with Gasteiger partial charge in [-0.15, -0.1) is 0 Å². The van der Waals surface area contributed by atoms with Crippen LogP contribution in [-0.4, -0.2) is 41.4 Å². The van der Waals surface area contributed by atoms with Crippen molar-refractivity contribution in [1.29, 1.82) is 0 Å². The summed E-state index contributed by atoms with van der Waals surface area (Å²) in [6.45, 7) is 8.93. The zero-order chi connectivity index (χ0) is 12.3. The summed E-state index contributed by atoms with van der Waals surface area (Å²) in [6.07, 6.45) is 5.50. The Balaban J connectivity index is 1.94. The minimum absolute atomic E-state index is 0.497. The van der Waals surface area contributed by atoms with E-state index in [2.05, 4.69) is 35.4 Å². The molecule has 2 rings (SSSR count). The van der Waals surface area contributed by atoms with Crippen molar-refractivity contribution in [2.24, 2.45) is 5.92 Å². The highest BCUT2D eigenvalue weighted by Gasteiger charge is 2.26. The SMILES string of the molecule is CCn1cc(C(C)N2CCC(CNC)C2)cn1. The van der Waals surface area contributed by atoms with Gasteiger partial charge in [0.15, 0.2) is 0 Å². The average molecular weight is 236 g/mol. The second-order valence-electron chi connectivity index (χ2n) is 5.01. The maximum Gasteiger partial charge on any atom is 0.0537 e. The summed E-state index contributed by atoms with van der Waals surface area (Å²) >= 11 is 0. The molecule has 96 valence electrons. The van der Waals surface area contributed by atoms with E-state index in [0.717, 1.165) is 19.0 Å². The van der Waals surface area contributed by atoms with Gasteiger partial charge in [-0.05, 0) is 46.3 Å². The highest BCUT2D eigenvalue weighted by atomic mass is 15.3. The van der Waals surface area contributed by atoms with Crippen LogP contribution >= 0.6 is 0 Å². The van der Waals surface area contributed by atoms with Gasteiger partial charge in [-0.2, -0.15) is 5.10 Å². The molecule has 1 aliphatic heterocycles. The molecule has 0 saturated carbocycles. The third kappa shape index (κ3) is 2.87. The second kappa shape index (κ2) is 5.65. The summed E-state index contributed by atoms with van der Waals surface area (Å²) in [6, 6.07) is 0.497. The Morgan fingerprint density at radius 2 is 2.41 bits per heavy atom. The van der Waals surface area contributed by atoms with Crippen molar-refractivity contribution in [3.8, 4) is 0 Å². The number of nitrogens with one attached hydrogen (secondary N) is 1. The van der Waals surface area contributed by atoms with Crippen LogP contribution in [0.25, 0.3) is 0 Å². The van der Waals surface area contributed by atoms with E-state index in [1.807, 2.05) is 17.9 Å². The number of aromatic nitrogens is 2. The molecule has 1 N–H and O–H groups in total. The smallest absolute Gasteiger partial charge is 0.0537 e. The van der Waals surface area contributed by atoms with Crippen LogP contribution in [0.4, 0.5) is 0 Å². The van der Waals surface area contributed by atoms with Gasteiger partial charge >= 0.3 is 0 Å². The molecule has 1 aromatic rings. The van der Waals surface area contributed by atoms with Crippen LogP contribution in [0, 0.1) is 5.92 Å². The highest BCUT2D eigenvalue weighted by molar-refractivity contribution is 5.10. The van der Waals surface area contributed by atoms with Gasteiger partial charge in [0.1, 0.15) is 0 Å². The molecular formula is C13H24N4. The maximum atomic E-state index is 4.36. The van der Waals surface area contributed by atoms with Gasteiger partial charge in [0, 0.05) is 30.9 Å². The summed E-state index contributed by atoms with van der Waals surface area (Å²) in [5.74, 6) is 0.809. The lowest BCUT2D eigenvalue weighted by atomic mass is 10.1. The minimum atomic E-state index is 0.497. The third-order valence-electron chi connectivity index (χ3n) is 3.82. The molecule has 1 aliphatic rings. The topological polar surface area (TPSA) is 33.1 Å². The van der Waals surface area contributed by atoms with E-state index in [4.69, 9.17) is 0 Å². The Morgan fingerprint density at radius 3 is 3.06 bits per heavy atom. The molecule has 4 nitrogen and oxygen atoms in total. The van der Waals surface area contributed by atoms with Crippen LogP contribution in [0.15, 0.2) is 12.4 Å². The van der Waals surface area contributed by atoms with Crippen LogP contribution in [0.3, 0.4) is 0 Å². The first-order chi connectivity index (χ1) is 8.24. The van der Waals surface area contributed by atoms with Crippen LogP contribution in [0.1, 0.15) is 31.9 Å². The maximum absolute atomic E-state index is 4.36. The monoisotopic (exact) mass is 236 g/mol. The number of aryl methyl sites for hydroxylation is 1. The van der Waals surface area contributed by atoms with Crippen LogP contribution < -0.4 is 5.32 Å². The molecule has 0 bridgehead atoms. The Hall–Kier alpha value is -0.870. The zero-order valence-electron chi connectivity index (χ0n) is 11.2. The molecule has 0 radical (unpaired) electrons. The predicted molar refractivity (Wildman–Crippen MR) is 69.9 cm³/mol. The molecule has 0 aromatic carbocycles. The lowest BCUT2D eigenvalue weighted by Crippen LogP contribution is -2.26. The molecule has 2 heterocycles. The third-order valence-corrected chi connectivity index (χ3v) is 3.82. The number of likely N-dealkylation sites (tertiary alicyclic amines) is 1. The molecule has 1 fully saturated rings. The van der Waals surface area contributed by atoms with Crippen LogP contribution in [0.2, 0.25) is 0 Å². The van der Waals surface area contributed by atoms with E-state index < -0.39 is 0 Å². The van der Waals surface area contributed by atoms with Crippen molar-refractivity contribution in [1.82, 2.24) is 20.0 Å². The predicted octanol–water partition coefficient (Wildman–Crippen LogP) is 1.51. The van der Waals surface area contributed by atoms with Gasteiger partial charge in [0.05, 0.1) is 6.20 Å². The van der Waals surface area contributed by atoms with E-state index in [1.54, 1.807) is 0 Å². The van der Waals surface area contributed by atoms with Crippen molar-refractivity contribution in [3.63, 3.8) is 0 Å². The van der Waals surface area contributed by atoms with Gasteiger partial charge in [-0.3, -0.25) is 9.58 Å². The number of nitrogens with zero attached hydrogens (tertiary/aromatic N) is 3. The summed E-state index contributed by atoms with van der Waals surface area (Å²) in [4.78, 5) is 2.57. The summed E-state index contributed by atoms with van der Waals surface area (Å²) in [7, 11) is 2.04. The molecule has 0 amide bonds. The standard InChI is InChI=1S/C13H24N4/c1-4-17-10-13(8-15-17)11(2)16-6-5-12(9-16)7-14-3/h8,10-12,14H,4-7,9H2,1-3H3. The first-order valence-electron chi connectivity index (χ1n) is 6.65. The van der Waals surface area contributed by atoms with Gasteiger partial charge in [0.25, 0.3) is 0 Å². The molecule has 1 saturated heterocycles. The number of hydrogen-bond donors (Lipinski definition) is 1. The van der Waals surface area contributed by atoms with Gasteiger partial charge < -0.3 is 5.32 Å². The molecule has 17 heavy (non-hydrogen) atoms. The second-order valence-corrected chi connectivity index (χ2v) is 5.01. The van der Waals surface area contributed by atoms with Crippen molar-refractivity contribution < 1.29 is 0 Å². The van der Waals surface area contributed by atoms with E-state index in [-0.39, 0.29) is 0 Å². The lowest BCUT2D eigenvalue weighted by Gasteiger charge is -2.23. The molecule has 4 heteroatoms. The van der Waals surface area contributed by atoms with Crippen molar-refractivity contribution in [3.05, 3.63) is 18.0 Å². The fraction of sp³-hybridized carbons (Fsp3) is 0.769. The zero-order valence-corrected chi connectivity index (χ0v) is 11.2. The van der Waals surface area contributed by atoms with Crippen LogP contribution in [0.5, 0.6) is 0 Å². The van der Waals surface area contributed by atoms with Crippen molar-refractivity contribution in [2.45, 2.75) is 32.9 Å². The number of hydrogen-bond acceptors (Lipinski definition) is 3. The molecule has 2 atom stereocenters. The largest absolute Gasteiger partial charge is 0.319 e. The summed E-state index contributed by atoms with van der Waals surface area (Å²) < 4.78 is 2.01.